The molecule has 2 aromatic carbocycles. The summed E-state index contributed by atoms with van der Waals surface area (Å²) in [6.45, 7) is 11.4. The van der Waals surface area contributed by atoms with E-state index in [0.29, 0.717) is 13.1 Å². The van der Waals surface area contributed by atoms with Gasteiger partial charge in [-0.3, -0.25) is 0 Å². The fourth-order valence-electron chi connectivity index (χ4n) is 4.49. The van der Waals surface area contributed by atoms with E-state index in [1.807, 2.05) is 23.1 Å². The van der Waals surface area contributed by atoms with Gasteiger partial charge in [-0.15, -0.1) is 0 Å². The van der Waals surface area contributed by atoms with E-state index in [2.05, 4.69) is 59.1 Å². The number of aryl methyl sites for hydroxylation is 1. The Labute approximate surface area is 191 Å². The van der Waals surface area contributed by atoms with Crippen LogP contribution in [0.25, 0.3) is 0 Å². The van der Waals surface area contributed by atoms with E-state index in [4.69, 9.17) is 4.74 Å². The highest BCUT2D eigenvalue weighted by molar-refractivity contribution is 5.90. The van der Waals surface area contributed by atoms with Crippen LogP contribution >= 0.6 is 0 Å². The van der Waals surface area contributed by atoms with E-state index in [1.54, 1.807) is 7.11 Å². The van der Waals surface area contributed by atoms with Crippen LogP contribution in [-0.4, -0.2) is 82.3 Å². The average molecular weight is 438 g/mol. The molecule has 0 saturated carbocycles. The molecule has 2 heterocycles. The summed E-state index contributed by atoms with van der Waals surface area (Å²) in [6, 6.07) is 12.3. The number of rotatable bonds is 4. The topological polar surface area (TPSA) is 51.3 Å². The number of amides is 2. The Kier molecular flexibility index (Phi) is 6.74. The van der Waals surface area contributed by atoms with E-state index >= 15 is 0 Å². The summed E-state index contributed by atoms with van der Waals surface area (Å²) in [7, 11) is 3.84. The summed E-state index contributed by atoms with van der Waals surface area (Å²) in [5, 5.41) is 3.10. The number of likely N-dealkylation sites (N-methyl/N-ethyl adjacent to an activating group) is 1. The first-order chi connectivity index (χ1) is 15.5. The van der Waals surface area contributed by atoms with E-state index in [0.717, 1.165) is 56.4 Å². The van der Waals surface area contributed by atoms with E-state index in [-0.39, 0.29) is 6.03 Å². The van der Waals surface area contributed by atoms with E-state index in [9.17, 15) is 4.79 Å². The number of nitrogens with one attached hydrogen (secondary N) is 1. The van der Waals surface area contributed by atoms with Crippen LogP contribution < -0.4 is 19.9 Å². The SMILES string of the molecule is COc1ccc(NC(=O)N2CCN(c3cccc(C)c3C)CC2)cc1N1CCN(C)CC1. The highest BCUT2D eigenvalue weighted by atomic mass is 16.5. The van der Waals surface area contributed by atoms with Gasteiger partial charge in [-0.05, 0) is 56.3 Å². The average Bonchev–Trinajstić information content (AvgIpc) is 2.81. The van der Waals surface area contributed by atoms with E-state index < -0.39 is 0 Å². The maximum absolute atomic E-state index is 13.0. The van der Waals surface area contributed by atoms with E-state index in [1.165, 1.54) is 16.8 Å². The van der Waals surface area contributed by atoms with Gasteiger partial charge in [-0.1, -0.05) is 12.1 Å². The Morgan fingerprint density at radius 1 is 0.875 bits per heavy atom. The number of piperazine rings is 2. The van der Waals surface area contributed by atoms with Gasteiger partial charge in [0, 0.05) is 63.7 Å². The lowest BCUT2D eigenvalue weighted by molar-refractivity contribution is 0.208. The molecule has 0 bridgehead atoms. The second kappa shape index (κ2) is 9.69. The molecule has 0 unspecified atom stereocenters. The van der Waals surface area contributed by atoms with Crippen LogP contribution in [0.3, 0.4) is 0 Å². The molecule has 4 rings (SSSR count). The lowest BCUT2D eigenvalue weighted by atomic mass is 10.1. The molecule has 2 aliphatic rings. The van der Waals surface area contributed by atoms with Gasteiger partial charge in [0.15, 0.2) is 0 Å². The van der Waals surface area contributed by atoms with Gasteiger partial charge in [0.1, 0.15) is 5.75 Å². The Morgan fingerprint density at radius 3 is 2.22 bits per heavy atom. The minimum Gasteiger partial charge on any atom is -0.495 e. The minimum atomic E-state index is -0.0416. The monoisotopic (exact) mass is 437 g/mol. The predicted octanol–water partition coefficient (Wildman–Crippen LogP) is 3.42. The summed E-state index contributed by atoms with van der Waals surface area (Å²) < 4.78 is 5.59. The van der Waals surface area contributed by atoms with Crippen molar-refractivity contribution in [1.29, 1.82) is 0 Å². The van der Waals surface area contributed by atoms with Gasteiger partial charge in [-0.2, -0.15) is 0 Å². The first kappa shape index (κ1) is 22.3. The first-order valence-corrected chi connectivity index (χ1v) is 11.4. The van der Waals surface area contributed by atoms with Crippen LogP contribution in [0.1, 0.15) is 11.1 Å². The van der Waals surface area contributed by atoms with Crippen molar-refractivity contribution >= 4 is 23.1 Å². The molecule has 32 heavy (non-hydrogen) atoms. The number of nitrogens with zero attached hydrogens (tertiary/aromatic N) is 4. The number of ether oxygens (including phenoxy) is 1. The van der Waals surface area contributed by atoms with Crippen molar-refractivity contribution < 1.29 is 9.53 Å². The third-order valence-electron chi connectivity index (χ3n) is 6.76. The maximum Gasteiger partial charge on any atom is 0.321 e. The normalized spacial score (nSPS) is 17.4. The Hall–Kier alpha value is -2.93. The molecule has 2 amide bonds. The van der Waals surface area contributed by atoms with Crippen molar-refractivity contribution in [3.8, 4) is 5.75 Å². The fourth-order valence-corrected chi connectivity index (χ4v) is 4.49. The molecule has 2 aromatic rings. The van der Waals surface area contributed by atoms with Gasteiger partial charge in [0.25, 0.3) is 0 Å². The number of carbonyl (C=O) groups excluding carboxylic acids is 1. The summed E-state index contributed by atoms with van der Waals surface area (Å²) in [4.78, 5) is 21.9. The zero-order chi connectivity index (χ0) is 22.7. The lowest BCUT2D eigenvalue weighted by Gasteiger charge is -2.37. The van der Waals surface area contributed by atoms with Crippen LogP contribution in [0, 0.1) is 13.8 Å². The fraction of sp³-hybridized carbons (Fsp3) is 0.480. The molecule has 7 heteroatoms. The zero-order valence-electron chi connectivity index (χ0n) is 19.7. The lowest BCUT2D eigenvalue weighted by Crippen LogP contribution is -2.50. The number of hydrogen-bond donors (Lipinski definition) is 1. The molecule has 2 fully saturated rings. The molecule has 0 atom stereocenters. The van der Waals surface area contributed by atoms with Gasteiger partial charge < -0.3 is 29.7 Å². The second-order valence-corrected chi connectivity index (χ2v) is 8.80. The van der Waals surface area contributed by atoms with Crippen LogP contribution in [0.15, 0.2) is 36.4 Å². The minimum absolute atomic E-state index is 0.0416. The summed E-state index contributed by atoms with van der Waals surface area (Å²) in [6.07, 6.45) is 0. The number of anilines is 3. The molecule has 2 aliphatic heterocycles. The number of carbonyl (C=O) groups is 1. The summed E-state index contributed by atoms with van der Waals surface area (Å²) >= 11 is 0. The molecule has 0 radical (unpaired) electrons. The van der Waals surface area contributed by atoms with Crippen molar-refractivity contribution in [3.63, 3.8) is 0 Å². The van der Waals surface area contributed by atoms with Crippen molar-refractivity contribution in [1.82, 2.24) is 9.80 Å². The van der Waals surface area contributed by atoms with Crippen LogP contribution in [0.2, 0.25) is 0 Å². The Bertz CT molecular complexity index is 947. The third kappa shape index (κ3) is 4.78. The van der Waals surface area contributed by atoms with Crippen molar-refractivity contribution in [3.05, 3.63) is 47.5 Å². The van der Waals surface area contributed by atoms with Crippen LogP contribution in [-0.2, 0) is 0 Å². The Morgan fingerprint density at radius 2 is 1.53 bits per heavy atom. The molecule has 0 spiro atoms. The largest absolute Gasteiger partial charge is 0.495 e. The standard InChI is InChI=1S/C25H35N5O2/c1-19-6-5-7-22(20(19)2)28-14-16-30(17-15-28)25(31)26-21-8-9-24(32-4)23(18-21)29-12-10-27(3)11-13-29/h5-9,18H,10-17H2,1-4H3,(H,26,31). The quantitative estimate of drug-likeness (QED) is 0.794. The first-order valence-electron chi connectivity index (χ1n) is 11.4. The number of urea groups is 1. The van der Waals surface area contributed by atoms with Crippen molar-refractivity contribution in [2.24, 2.45) is 0 Å². The molecule has 172 valence electrons. The molecular weight excluding hydrogens is 402 g/mol. The predicted molar refractivity (Wildman–Crippen MR) is 131 cm³/mol. The molecular formula is C25H35N5O2. The molecule has 0 aliphatic carbocycles. The maximum atomic E-state index is 13.0. The van der Waals surface area contributed by atoms with Crippen molar-refractivity contribution in [2.75, 3.05) is 81.6 Å². The van der Waals surface area contributed by atoms with Crippen LogP contribution in [0.4, 0.5) is 21.9 Å². The summed E-state index contributed by atoms with van der Waals surface area (Å²) in [5.74, 6) is 0.842. The molecule has 0 aromatic heterocycles. The highest BCUT2D eigenvalue weighted by Gasteiger charge is 2.23. The van der Waals surface area contributed by atoms with Crippen LogP contribution in [0.5, 0.6) is 5.75 Å². The number of hydrogen-bond acceptors (Lipinski definition) is 5. The van der Waals surface area contributed by atoms with Gasteiger partial charge in [0.05, 0.1) is 12.8 Å². The van der Waals surface area contributed by atoms with Gasteiger partial charge in [0.2, 0.25) is 0 Å². The molecule has 7 nitrogen and oxygen atoms in total. The van der Waals surface area contributed by atoms with Gasteiger partial charge >= 0.3 is 6.03 Å². The number of methoxy groups -OCH3 is 1. The molecule has 2 saturated heterocycles. The zero-order valence-corrected chi connectivity index (χ0v) is 19.7. The van der Waals surface area contributed by atoms with Gasteiger partial charge in [-0.25, -0.2) is 4.79 Å². The smallest absolute Gasteiger partial charge is 0.321 e. The third-order valence-corrected chi connectivity index (χ3v) is 6.76. The molecule has 1 N–H and O–H groups in total. The summed E-state index contributed by atoms with van der Waals surface area (Å²) in [5.41, 5.74) is 5.75. The number of benzene rings is 2. The second-order valence-electron chi connectivity index (χ2n) is 8.80. The Balaban J connectivity index is 1.39. The van der Waals surface area contributed by atoms with Crippen molar-refractivity contribution in [2.45, 2.75) is 13.8 Å². The highest BCUT2D eigenvalue weighted by Crippen LogP contribution is 2.32.